The molecule has 1 amide bonds. The first-order chi connectivity index (χ1) is 12.1. The summed E-state index contributed by atoms with van der Waals surface area (Å²) in [7, 11) is 0. The fourth-order valence-corrected chi connectivity index (χ4v) is 3.61. The number of anilines is 3. The van der Waals surface area contributed by atoms with Crippen molar-refractivity contribution in [3.8, 4) is 0 Å². The summed E-state index contributed by atoms with van der Waals surface area (Å²) in [5.74, 6) is -0.793. The Labute approximate surface area is 156 Å². The highest BCUT2D eigenvalue weighted by Crippen LogP contribution is 2.28. The molecule has 0 unspecified atom stereocenters. The van der Waals surface area contributed by atoms with E-state index in [2.05, 4.69) is 20.8 Å². The van der Waals surface area contributed by atoms with Crippen molar-refractivity contribution in [1.29, 1.82) is 0 Å². The Balaban J connectivity index is 1.53. The quantitative estimate of drug-likeness (QED) is 0.587. The van der Waals surface area contributed by atoms with Crippen LogP contribution in [0.3, 0.4) is 0 Å². The number of para-hydroxylation sites is 1. The molecule has 0 saturated carbocycles. The van der Waals surface area contributed by atoms with E-state index in [1.54, 1.807) is 0 Å². The lowest BCUT2D eigenvalue weighted by atomic mass is 10.3. The van der Waals surface area contributed by atoms with Crippen molar-refractivity contribution in [3.63, 3.8) is 0 Å². The molecule has 3 rings (SSSR count). The lowest BCUT2D eigenvalue weighted by Crippen LogP contribution is -2.15. The van der Waals surface area contributed by atoms with Crippen LogP contribution in [0.2, 0.25) is 5.02 Å². The lowest BCUT2D eigenvalue weighted by Gasteiger charge is -2.05. The van der Waals surface area contributed by atoms with E-state index in [0.717, 1.165) is 5.69 Å². The summed E-state index contributed by atoms with van der Waals surface area (Å²) in [5, 5.41) is 14.7. The number of thioether (sulfide) groups is 1. The molecule has 25 heavy (non-hydrogen) atoms. The first kappa shape index (κ1) is 17.7. The largest absolute Gasteiger partial charge is 0.330 e. The highest BCUT2D eigenvalue weighted by molar-refractivity contribution is 8.01. The first-order valence-corrected chi connectivity index (χ1v) is 9.31. The molecule has 5 nitrogen and oxygen atoms in total. The monoisotopic (exact) mass is 394 g/mol. The molecule has 0 bridgehead atoms. The number of nitrogens with one attached hydrogen (secondary N) is 2. The summed E-state index contributed by atoms with van der Waals surface area (Å²) >= 11 is 8.36. The second-order valence-electron chi connectivity index (χ2n) is 4.83. The molecule has 0 radical (unpaired) electrons. The Morgan fingerprint density at radius 3 is 2.80 bits per heavy atom. The Hall–Kier alpha value is -2.16. The number of carbonyl (C=O) groups excluding carboxylic acids is 1. The molecule has 2 aromatic carbocycles. The van der Waals surface area contributed by atoms with E-state index in [1.165, 1.54) is 41.3 Å². The lowest BCUT2D eigenvalue weighted by molar-refractivity contribution is -0.113. The molecule has 128 valence electrons. The fourth-order valence-electron chi connectivity index (χ4n) is 1.87. The number of hydrogen-bond acceptors (Lipinski definition) is 6. The molecule has 0 saturated heterocycles. The molecule has 1 heterocycles. The van der Waals surface area contributed by atoms with Gasteiger partial charge in [0.15, 0.2) is 4.34 Å². The van der Waals surface area contributed by atoms with E-state index in [9.17, 15) is 9.18 Å². The van der Waals surface area contributed by atoms with Crippen molar-refractivity contribution < 1.29 is 9.18 Å². The summed E-state index contributed by atoms with van der Waals surface area (Å²) in [6.07, 6.45) is 0. The van der Waals surface area contributed by atoms with E-state index in [-0.39, 0.29) is 17.3 Å². The standard InChI is InChI=1S/C16H12ClFN4OS2/c17-10-6-7-12(18)13(8-10)20-14(23)9-24-16-22-21-15(25-16)19-11-4-2-1-3-5-11/h1-8H,9H2,(H,19,21)(H,20,23). The van der Waals surface area contributed by atoms with Gasteiger partial charge < -0.3 is 10.6 Å². The van der Waals surface area contributed by atoms with Crippen LogP contribution in [-0.2, 0) is 4.79 Å². The molecule has 1 aromatic heterocycles. The van der Waals surface area contributed by atoms with E-state index in [1.807, 2.05) is 30.3 Å². The van der Waals surface area contributed by atoms with Crippen LogP contribution in [0, 0.1) is 5.82 Å². The Morgan fingerprint density at radius 1 is 1.20 bits per heavy atom. The fraction of sp³-hybridized carbons (Fsp3) is 0.0625. The van der Waals surface area contributed by atoms with Crippen LogP contribution in [-0.4, -0.2) is 21.9 Å². The molecule has 0 aliphatic carbocycles. The number of benzene rings is 2. The Bertz CT molecular complexity index is 876. The summed E-state index contributed by atoms with van der Waals surface area (Å²) in [4.78, 5) is 11.9. The van der Waals surface area contributed by atoms with Gasteiger partial charge >= 0.3 is 0 Å². The van der Waals surface area contributed by atoms with E-state index in [4.69, 9.17) is 11.6 Å². The third-order valence-corrected chi connectivity index (χ3v) is 5.17. The minimum Gasteiger partial charge on any atom is -0.330 e. The highest BCUT2D eigenvalue weighted by Gasteiger charge is 2.11. The number of aromatic nitrogens is 2. The van der Waals surface area contributed by atoms with Crippen LogP contribution in [0.1, 0.15) is 0 Å². The summed E-state index contributed by atoms with van der Waals surface area (Å²) in [6.45, 7) is 0. The Morgan fingerprint density at radius 2 is 2.00 bits per heavy atom. The number of nitrogens with zero attached hydrogens (tertiary/aromatic N) is 2. The SMILES string of the molecule is O=C(CSc1nnc(Nc2ccccc2)s1)Nc1cc(Cl)ccc1F. The van der Waals surface area contributed by atoms with E-state index in [0.29, 0.717) is 14.5 Å². The van der Waals surface area contributed by atoms with Crippen molar-refractivity contribution in [2.45, 2.75) is 4.34 Å². The minimum atomic E-state index is -0.534. The van der Waals surface area contributed by atoms with Crippen molar-refractivity contribution in [2.75, 3.05) is 16.4 Å². The van der Waals surface area contributed by atoms with Gasteiger partial charge in [-0.25, -0.2) is 4.39 Å². The van der Waals surface area contributed by atoms with Crippen molar-refractivity contribution in [3.05, 3.63) is 59.4 Å². The summed E-state index contributed by atoms with van der Waals surface area (Å²) in [6, 6.07) is 13.6. The molecule has 0 aliphatic rings. The zero-order valence-corrected chi connectivity index (χ0v) is 15.1. The average Bonchev–Trinajstić information content (AvgIpc) is 3.05. The minimum absolute atomic E-state index is 0.0572. The zero-order chi connectivity index (χ0) is 17.6. The molecule has 9 heteroatoms. The smallest absolute Gasteiger partial charge is 0.234 e. The van der Waals surface area contributed by atoms with Gasteiger partial charge in [-0.05, 0) is 30.3 Å². The summed E-state index contributed by atoms with van der Waals surface area (Å²) in [5.41, 5.74) is 0.964. The van der Waals surface area contributed by atoms with Crippen molar-refractivity contribution in [2.24, 2.45) is 0 Å². The van der Waals surface area contributed by atoms with Gasteiger partial charge in [0.05, 0.1) is 11.4 Å². The first-order valence-electron chi connectivity index (χ1n) is 7.13. The number of halogens is 2. The van der Waals surface area contributed by atoms with Crippen LogP contribution >= 0.6 is 34.7 Å². The third-order valence-electron chi connectivity index (χ3n) is 2.96. The molecular weight excluding hydrogens is 383 g/mol. The van der Waals surface area contributed by atoms with Crippen molar-refractivity contribution >= 4 is 57.1 Å². The predicted octanol–water partition coefficient (Wildman–Crippen LogP) is 4.81. The molecular formula is C16H12ClFN4OS2. The second-order valence-corrected chi connectivity index (χ2v) is 7.46. The highest BCUT2D eigenvalue weighted by atomic mass is 35.5. The third kappa shape index (κ3) is 5.15. The van der Waals surface area contributed by atoms with Gasteiger partial charge in [0.25, 0.3) is 0 Å². The molecule has 2 N–H and O–H groups in total. The maximum absolute atomic E-state index is 13.6. The normalized spacial score (nSPS) is 10.5. The van der Waals surface area contributed by atoms with Gasteiger partial charge in [0, 0.05) is 10.7 Å². The van der Waals surface area contributed by atoms with Gasteiger partial charge in [-0.2, -0.15) is 0 Å². The van der Waals surface area contributed by atoms with Gasteiger partial charge in [-0.1, -0.05) is 52.9 Å². The predicted molar refractivity (Wildman–Crippen MR) is 100 cm³/mol. The maximum atomic E-state index is 13.6. The number of carbonyl (C=O) groups is 1. The molecule has 0 aliphatic heterocycles. The van der Waals surface area contributed by atoms with Crippen molar-refractivity contribution in [1.82, 2.24) is 10.2 Å². The number of rotatable bonds is 6. The second kappa shape index (κ2) is 8.28. The van der Waals surface area contributed by atoms with Crippen LogP contribution in [0.25, 0.3) is 0 Å². The van der Waals surface area contributed by atoms with E-state index < -0.39 is 5.82 Å². The maximum Gasteiger partial charge on any atom is 0.234 e. The molecule has 0 atom stereocenters. The van der Waals surface area contributed by atoms with Gasteiger partial charge in [-0.15, -0.1) is 10.2 Å². The van der Waals surface area contributed by atoms with Crippen LogP contribution < -0.4 is 10.6 Å². The van der Waals surface area contributed by atoms with Gasteiger partial charge in [0.1, 0.15) is 5.82 Å². The zero-order valence-electron chi connectivity index (χ0n) is 12.7. The summed E-state index contributed by atoms with van der Waals surface area (Å²) < 4.78 is 14.2. The Kier molecular flexibility index (Phi) is 5.85. The molecule has 3 aromatic rings. The van der Waals surface area contributed by atoms with E-state index >= 15 is 0 Å². The van der Waals surface area contributed by atoms with Crippen LogP contribution in [0.5, 0.6) is 0 Å². The molecule has 0 fully saturated rings. The number of amides is 1. The van der Waals surface area contributed by atoms with Gasteiger partial charge in [0.2, 0.25) is 11.0 Å². The number of hydrogen-bond donors (Lipinski definition) is 2. The van der Waals surface area contributed by atoms with Gasteiger partial charge in [-0.3, -0.25) is 4.79 Å². The molecule has 0 spiro atoms. The van der Waals surface area contributed by atoms with Crippen LogP contribution in [0.15, 0.2) is 52.9 Å². The van der Waals surface area contributed by atoms with Crippen LogP contribution in [0.4, 0.5) is 20.9 Å². The topological polar surface area (TPSA) is 66.9 Å². The average molecular weight is 395 g/mol.